The lowest BCUT2D eigenvalue weighted by molar-refractivity contribution is -0.123. The van der Waals surface area contributed by atoms with Gasteiger partial charge in [-0.2, -0.15) is 0 Å². The minimum atomic E-state index is -3.80. The maximum atomic E-state index is 12.8. The van der Waals surface area contributed by atoms with E-state index in [4.69, 9.17) is 14.2 Å². The van der Waals surface area contributed by atoms with Crippen molar-refractivity contribution < 1.29 is 27.4 Å². The average Bonchev–Trinajstić information content (AvgIpc) is 2.84. The highest BCUT2D eigenvalue weighted by atomic mass is 32.2. The van der Waals surface area contributed by atoms with E-state index in [-0.39, 0.29) is 23.5 Å². The summed E-state index contributed by atoms with van der Waals surface area (Å²) in [5.74, 6) is 1.54. The first-order valence-corrected chi connectivity index (χ1v) is 12.6. The molecule has 0 unspecified atom stereocenters. The molecular weight excluding hydrogens is 468 g/mol. The highest BCUT2D eigenvalue weighted by Crippen LogP contribution is 2.25. The number of nitrogens with one attached hydrogen (secondary N) is 2. The van der Waals surface area contributed by atoms with Crippen LogP contribution in [0.5, 0.6) is 17.2 Å². The third kappa shape index (κ3) is 7.13. The van der Waals surface area contributed by atoms with Gasteiger partial charge in [-0.25, -0.2) is 8.42 Å². The maximum Gasteiger partial charge on any atom is 0.261 e. The Hall–Kier alpha value is -3.72. The predicted molar refractivity (Wildman–Crippen MR) is 135 cm³/mol. The minimum absolute atomic E-state index is 0.0915. The van der Waals surface area contributed by atoms with E-state index in [1.807, 2.05) is 38.1 Å². The Bertz CT molecular complexity index is 1240. The zero-order chi connectivity index (χ0) is 25.4. The topological polar surface area (TPSA) is 103 Å². The van der Waals surface area contributed by atoms with Crippen molar-refractivity contribution in [2.24, 2.45) is 0 Å². The molecule has 0 aliphatic rings. The second kappa shape index (κ2) is 11.6. The first-order valence-electron chi connectivity index (χ1n) is 11.1. The standard InChI is InChI=1S/C26H30N2O6S/c1-5-33-23-12-8-21(9-13-23)28-35(30,31)24-14-15-25(18(2)16-24)34-17-26(29)27-19(3)20-6-10-22(32-4)11-7-20/h6-16,19,28H,5,17H2,1-4H3,(H,27,29)/t19-/m1/s1. The number of rotatable bonds is 11. The van der Waals surface area contributed by atoms with E-state index in [1.54, 1.807) is 44.4 Å². The van der Waals surface area contributed by atoms with Crippen LogP contribution in [0.15, 0.2) is 71.6 Å². The third-order valence-electron chi connectivity index (χ3n) is 5.23. The average molecular weight is 499 g/mol. The molecule has 9 heteroatoms. The molecule has 3 aromatic rings. The highest BCUT2D eigenvalue weighted by molar-refractivity contribution is 7.92. The molecular formula is C26H30N2O6S. The summed E-state index contributed by atoms with van der Waals surface area (Å²) in [5.41, 5.74) is 1.95. The molecule has 0 heterocycles. The number of benzene rings is 3. The lowest BCUT2D eigenvalue weighted by atomic mass is 10.1. The van der Waals surface area contributed by atoms with Crippen LogP contribution in [0.25, 0.3) is 0 Å². The molecule has 0 aliphatic heterocycles. The Kier molecular flexibility index (Phi) is 8.59. The van der Waals surface area contributed by atoms with Gasteiger partial charge in [0.1, 0.15) is 17.2 Å². The number of ether oxygens (including phenoxy) is 3. The molecule has 3 aromatic carbocycles. The molecule has 1 atom stereocenters. The summed E-state index contributed by atoms with van der Waals surface area (Å²) in [6, 6.07) is 18.4. The van der Waals surface area contributed by atoms with Crippen LogP contribution >= 0.6 is 0 Å². The van der Waals surface area contributed by atoms with Crippen LogP contribution in [0, 0.1) is 6.92 Å². The van der Waals surface area contributed by atoms with E-state index in [0.717, 1.165) is 11.3 Å². The quantitative estimate of drug-likeness (QED) is 0.405. The molecule has 0 spiro atoms. The fraction of sp³-hybridized carbons (Fsp3) is 0.269. The molecule has 0 aliphatic carbocycles. The summed E-state index contributed by atoms with van der Waals surface area (Å²) in [6.07, 6.45) is 0. The Morgan fingerprint density at radius 2 is 1.60 bits per heavy atom. The van der Waals surface area contributed by atoms with Gasteiger partial charge in [0.15, 0.2) is 6.61 Å². The van der Waals surface area contributed by atoms with Crippen LogP contribution in [0.3, 0.4) is 0 Å². The Morgan fingerprint density at radius 3 is 2.20 bits per heavy atom. The van der Waals surface area contributed by atoms with Gasteiger partial charge < -0.3 is 19.5 Å². The molecule has 0 bridgehead atoms. The van der Waals surface area contributed by atoms with E-state index in [0.29, 0.717) is 29.4 Å². The molecule has 186 valence electrons. The van der Waals surface area contributed by atoms with E-state index in [2.05, 4.69) is 10.0 Å². The molecule has 0 saturated heterocycles. The fourth-order valence-electron chi connectivity index (χ4n) is 3.35. The van der Waals surface area contributed by atoms with Crippen molar-refractivity contribution in [3.05, 3.63) is 77.9 Å². The summed E-state index contributed by atoms with van der Waals surface area (Å²) < 4.78 is 44.3. The Labute approximate surface area is 206 Å². The number of carbonyl (C=O) groups is 1. The lowest BCUT2D eigenvalue weighted by Gasteiger charge is -2.16. The molecule has 2 N–H and O–H groups in total. The first-order chi connectivity index (χ1) is 16.7. The van der Waals surface area contributed by atoms with Crippen LogP contribution < -0.4 is 24.2 Å². The van der Waals surface area contributed by atoms with Gasteiger partial charge in [0.25, 0.3) is 15.9 Å². The van der Waals surface area contributed by atoms with Crippen molar-refractivity contribution in [3.8, 4) is 17.2 Å². The summed E-state index contributed by atoms with van der Waals surface area (Å²) in [5, 5.41) is 2.88. The summed E-state index contributed by atoms with van der Waals surface area (Å²) in [6.45, 7) is 5.81. The van der Waals surface area contributed by atoms with Crippen LogP contribution in [0.4, 0.5) is 5.69 Å². The van der Waals surface area contributed by atoms with Gasteiger partial charge >= 0.3 is 0 Å². The van der Waals surface area contributed by atoms with Crippen LogP contribution in [-0.2, 0) is 14.8 Å². The third-order valence-corrected chi connectivity index (χ3v) is 6.61. The van der Waals surface area contributed by atoms with Crippen molar-refractivity contribution in [2.45, 2.75) is 31.7 Å². The van der Waals surface area contributed by atoms with Crippen molar-refractivity contribution in [3.63, 3.8) is 0 Å². The number of aryl methyl sites for hydroxylation is 1. The number of methoxy groups -OCH3 is 1. The highest BCUT2D eigenvalue weighted by Gasteiger charge is 2.17. The summed E-state index contributed by atoms with van der Waals surface area (Å²) >= 11 is 0. The van der Waals surface area contributed by atoms with Crippen molar-refractivity contribution in [1.82, 2.24) is 5.32 Å². The number of amides is 1. The van der Waals surface area contributed by atoms with Gasteiger partial charge in [0.05, 0.1) is 24.7 Å². The second-order valence-electron chi connectivity index (χ2n) is 7.84. The molecule has 35 heavy (non-hydrogen) atoms. The Balaban J connectivity index is 1.58. The summed E-state index contributed by atoms with van der Waals surface area (Å²) in [7, 11) is -2.20. The number of hydrogen-bond donors (Lipinski definition) is 2. The largest absolute Gasteiger partial charge is 0.497 e. The van der Waals surface area contributed by atoms with E-state index in [9.17, 15) is 13.2 Å². The first kappa shape index (κ1) is 25.9. The Morgan fingerprint density at radius 1 is 0.943 bits per heavy atom. The van der Waals surface area contributed by atoms with Crippen molar-refractivity contribution in [1.29, 1.82) is 0 Å². The minimum Gasteiger partial charge on any atom is -0.497 e. The van der Waals surface area contributed by atoms with Crippen LogP contribution in [-0.4, -0.2) is 34.6 Å². The number of anilines is 1. The van der Waals surface area contributed by atoms with Gasteiger partial charge in [0.2, 0.25) is 0 Å². The molecule has 0 radical (unpaired) electrons. The normalized spacial score (nSPS) is 11.9. The van der Waals surface area contributed by atoms with E-state index in [1.165, 1.54) is 12.1 Å². The van der Waals surface area contributed by atoms with Crippen molar-refractivity contribution >= 4 is 21.6 Å². The van der Waals surface area contributed by atoms with Gasteiger partial charge in [0, 0.05) is 5.69 Å². The molecule has 1 amide bonds. The SMILES string of the molecule is CCOc1ccc(NS(=O)(=O)c2ccc(OCC(=O)N[C@H](C)c3ccc(OC)cc3)c(C)c2)cc1. The fourth-order valence-corrected chi connectivity index (χ4v) is 4.50. The lowest BCUT2D eigenvalue weighted by Crippen LogP contribution is -2.31. The van der Waals surface area contributed by atoms with Gasteiger partial charge in [-0.3, -0.25) is 9.52 Å². The molecule has 3 rings (SSSR count). The van der Waals surface area contributed by atoms with Crippen molar-refractivity contribution in [2.75, 3.05) is 25.0 Å². The number of sulfonamides is 1. The molecule has 8 nitrogen and oxygen atoms in total. The zero-order valence-electron chi connectivity index (χ0n) is 20.2. The number of hydrogen-bond acceptors (Lipinski definition) is 6. The van der Waals surface area contributed by atoms with Crippen LogP contribution in [0.1, 0.15) is 31.0 Å². The van der Waals surface area contributed by atoms with Gasteiger partial charge in [-0.05, 0) is 86.5 Å². The van der Waals surface area contributed by atoms with E-state index < -0.39 is 10.0 Å². The van der Waals surface area contributed by atoms with E-state index >= 15 is 0 Å². The molecule has 0 saturated carbocycles. The monoisotopic (exact) mass is 498 g/mol. The summed E-state index contributed by atoms with van der Waals surface area (Å²) in [4.78, 5) is 12.4. The maximum absolute atomic E-state index is 12.8. The molecule has 0 fully saturated rings. The smallest absolute Gasteiger partial charge is 0.261 e. The zero-order valence-corrected chi connectivity index (χ0v) is 21.0. The second-order valence-corrected chi connectivity index (χ2v) is 9.52. The van der Waals surface area contributed by atoms with Crippen LogP contribution in [0.2, 0.25) is 0 Å². The van der Waals surface area contributed by atoms with Gasteiger partial charge in [-0.1, -0.05) is 12.1 Å². The van der Waals surface area contributed by atoms with Gasteiger partial charge in [-0.15, -0.1) is 0 Å². The predicted octanol–water partition coefficient (Wildman–Crippen LogP) is 4.46. The molecule has 0 aromatic heterocycles. The number of carbonyl (C=O) groups excluding carboxylic acids is 1.